The molecule has 0 fully saturated rings. The van der Waals surface area contributed by atoms with Gasteiger partial charge in [0.1, 0.15) is 0 Å². The van der Waals surface area contributed by atoms with Crippen molar-refractivity contribution in [1.82, 2.24) is 14.7 Å². The van der Waals surface area contributed by atoms with Gasteiger partial charge in [-0.2, -0.15) is 5.10 Å². The van der Waals surface area contributed by atoms with Crippen LogP contribution in [0.2, 0.25) is 0 Å². The molecular formula is C13H22N4OS. The summed E-state index contributed by atoms with van der Waals surface area (Å²) in [5, 5.41) is 4.30. The van der Waals surface area contributed by atoms with Gasteiger partial charge in [-0.25, -0.2) is 0 Å². The summed E-state index contributed by atoms with van der Waals surface area (Å²) < 4.78 is 1.68. The summed E-state index contributed by atoms with van der Waals surface area (Å²) in [5.41, 5.74) is 7.11. The van der Waals surface area contributed by atoms with Gasteiger partial charge in [0.25, 0.3) is 5.91 Å². The minimum Gasteiger partial charge on any atom is -0.393 e. The van der Waals surface area contributed by atoms with Crippen LogP contribution < -0.4 is 5.73 Å². The van der Waals surface area contributed by atoms with Gasteiger partial charge in [-0.15, -0.1) is 0 Å². The predicted octanol–water partition coefficient (Wildman–Crippen LogP) is 1.37. The van der Waals surface area contributed by atoms with E-state index in [1.165, 1.54) is 0 Å². The number of hydrogen-bond acceptors (Lipinski definition) is 3. The van der Waals surface area contributed by atoms with E-state index >= 15 is 0 Å². The smallest absolute Gasteiger partial charge is 0.257 e. The van der Waals surface area contributed by atoms with Crippen molar-refractivity contribution in [1.29, 1.82) is 0 Å². The Hall–Kier alpha value is -1.43. The molecule has 0 aliphatic heterocycles. The number of aromatic nitrogens is 2. The molecule has 5 nitrogen and oxygen atoms in total. The van der Waals surface area contributed by atoms with E-state index in [-0.39, 0.29) is 11.8 Å². The van der Waals surface area contributed by atoms with E-state index in [0.717, 1.165) is 12.1 Å². The van der Waals surface area contributed by atoms with E-state index in [4.69, 9.17) is 18.0 Å². The standard InChI is InChI=1S/C13H22N4OS/c1-5-11-10(8-16(4)15-11)13(18)17(6-2)7-9(3)12(14)19/h8-9H,5-7H2,1-4H3,(H2,14,19). The van der Waals surface area contributed by atoms with Gasteiger partial charge in [0.05, 0.1) is 16.2 Å². The van der Waals surface area contributed by atoms with Gasteiger partial charge in [0, 0.05) is 32.3 Å². The molecule has 0 aliphatic carbocycles. The Morgan fingerprint density at radius 1 is 1.58 bits per heavy atom. The molecule has 1 rings (SSSR count). The number of thiocarbonyl (C=S) groups is 1. The lowest BCUT2D eigenvalue weighted by Gasteiger charge is -2.24. The maximum absolute atomic E-state index is 12.5. The third-order valence-corrected chi connectivity index (χ3v) is 3.52. The monoisotopic (exact) mass is 282 g/mol. The Bertz CT molecular complexity index is 469. The third kappa shape index (κ3) is 3.76. The van der Waals surface area contributed by atoms with Crippen LogP contribution in [-0.4, -0.2) is 38.7 Å². The first-order valence-electron chi connectivity index (χ1n) is 6.51. The number of nitrogens with two attached hydrogens (primary N) is 1. The molecule has 0 bridgehead atoms. The van der Waals surface area contributed by atoms with Gasteiger partial charge in [-0.3, -0.25) is 9.48 Å². The molecule has 0 saturated carbocycles. The molecule has 1 amide bonds. The van der Waals surface area contributed by atoms with E-state index < -0.39 is 0 Å². The van der Waals surface area contributed by atoms with Gasteiger partial charge in [0.15, 0.2) is 0 Å². The van der Waals surface area contributed by atoms with E-state index in [1.807, 2.05) is 27.8 Å². The van der Waals surface area contributed by atoms with Crippen LogP contribution in [0.3, 0.4) is 0 Å². The molecule has 0 radical (unpaired) electrons. The van der Waals surface area contributed by atoms with Crippen molar-refractivity contribution in [2.24, 2.45) is 18.7 Å². The average Bonchev–Trinajstić information content (AvgIpc) is 2.75. The summed E-state index contributed by atoms with van der Waals surface area (Å²) in [7, 11) is 1.82. The zero-order valence-electron chi connectivity index (χ0n) is 12.0. The Kier molecular flexibility index (Phi) is 5.47. The first kappa shape index (κ1) is 15.6. The highest BCUT2D eigenvalue weighted by molar-refractivity contribution is 7.80. The number of nitrogens with zero attached hydrogens (tertiary/aromatic N) is 3. The summed E-state index contributed by atoms with van der Waals surface area (Å²) in [6, 6.07) is 0. The van der Waals surface area contributed by atoms with E-state index in [2.05, 4.69) is 5.10 Å². The van der Waals surface area contributed by atoms with Crippen LogP contribution in [-0.2, 0) is 13.5 Å². The van der Waals surface area contributed by atoms with E-state index in [1.54, 1.807) is 15.8 Å². The molecule has 0 spiro atoms. The number of hydrogen-bond donors (Lipinski definition) is 1. The van der Waals surface area contributed by atoms with Crippen molar-refractivity contribution >= 4 is 23.1 Å². The summed E-state index contributed by atoms with van der Waals surface area (Å²) in [6.07, 6.45) is 2.51. The SMILES string of the molecule is CCc1nn(C)cc1C(=O)N(CC)CC(C)C(N)=S. The molecule has 106 valence electrons. The molecule has 1 heterocycles. The predicted molar refractivity (Wildman–Crippen MR) is 80.1 cm³/mol. The second kappa shape index (κ2) is 6.65. The molecule has 1 atom stereocenters. The highest BCUT2D eigenvalue weighted by Crippen LogP contribution is 2.12. The number of aryl methyl sites for hydroxylation is 2. The quantitative estimate of drug-likeness (QED) is 0.800. The number of rotatable bonds is 6. The molecule has 0 aromatic carbocycles. The van der Waals surface area contributed by atoms with Gasteiger partial charge in [-0.05, 0) is 13.3 Å². The van der Waals surface area contributed by atoms with Gasteiger partial charge in [-0.1, -0.05) is 26.1 Å². The Balaban J connectivity index is 2.92. The molecule has 1 aromatic rings. The fraction of sp³-hybridized carbons (Fsp3) is 0.615. The molecule has 0 aliphatic rings. The molecule has 19 heavy (non-hydrogen) atoms. The zero-order valence-corrected chi connectivity index (χ0v) is 12.8. The molecular weight excluding hydrogens is 260 g/mol. The van der Waals surface area contributed by atoms with Crippen molar-refractivity contribution in [2.75, 3.05) is 13.1 Å². The first-order valence-corrected chi connectivity index (χ1v) is 6.92. The maximum Gasteiger partial charge on any atom is 0.257 e. The molecule has 1 aromatic heterocycles. The first-order chi connectivity index (χ1) is 8.90. The topological polar surface area (TPSA) is 64.2 Å². The van der Waals surface area contributed by atoms with Crippen LogP contribution >= 0.6 is 12.2 Å². The van der Waals surface area contributed by atoms with Crippen molar-refractivity contribution in [3.63, 3.8) is 0 Å². The second-order valence-electron chi connectivity index (χ2n) is 4.66. The van der Waals surface area contributed by atoms with Crippen molar-refractivity contribution in [3.8, 4) is 0 Å². The normalized spacial score (nSPS) is 12.2. The summed E-state index contributed by atoms with van der Waals surface area (Å²) in [6.45, 7) is 7.05. The summed E-state index contributed by atoms with van der Waals surface area (Å²) >= 11 is 4.96. The van der Waals surface area contributed by atoms with Crippen LogP contribution in [0.15, 0.2) is 6.20 Å². The fourth-order valence-electron chi connectivity index (χ4n) is 1.92. The molecule has 1 unspecified atom stereocenters. The molecule has 6 heteroatoms. The fourth-order valence-corrected chi connectivity index (χ4v) is 2.00. The number of amides is 1. The van der Waals surface area contributed by atoms with E-state index in [9.17, 15) is 4.79 Å². The van der Waals surface area contributed by atoms with Crippen LogP contribution in [0.25, 0.3) is 0 Å². The minimum absolute atomic E-state index is 0.00412. The highest BCUT2D eigenvalue weighted by Gasteiger charge is 2.22. The molecule has 0 saturated heterocycles. The van der Waals surface area contributed by atoms with Crippen molar-refractivity contribution in [2.45, 2.75) is 27.2 Å². The number of carbonyl (C=O) groups excluding carboxylic acids is 1. The van der Waals surface area contributed by atoms with Crippen molar-refractivity contribution < 1.29 is 4.79 Å². The zero-order chi connectivity index (χ0) is 14.6. The lowest BCUT2D eigenvalue weighted by atomic mass is 10.1. The Morgan fingerprint density at radius 2 is 2.21 bits per heavy atom. The van der Waals surface area contributed by atoms with E-state index in [0.29, 0.717) is 23.6 Å². The Labute approximate surface area is 119 Å². The summed E-state index contributed by atoms with van der Waals surface area (Å²) in [4.78, 5) is 14.7. The second-order valence-corrected chi connectivity index (χ2v) is 5.14. The van der Waals surface area contributed by atoms with Crippen LogP contribution in [0.5, 0.6) is 0 Å². The number of carbonyl (C=O) groups is 1. The third-order valence-electron chi connectivity index (χ3n) is 3.12. The van der Waals surface area contributed by atoms with Gasteiger partial charge in [0.2, 0.25) is 0 Å². The van der Waals surface area contributed by atoms with Gasteiger partial charge >= 0.3 is 0 Å². The minimum atomic E-state index is -0.00412. The largest absolute Gasteiger partial charge is 0.393 e. The van der Waals surface area contributed by atoms with Crippen molar-refractivity contribution in [3.05, 3.63) is 17.5 Å². The van der Waals surface area contributed by atoms with Crippen LogP contribution in [0.1, 0.15) is 36.8 Å². The lowest BCUT2D eigenvalue weighted by Crippen LogP contribution is -2.38. The molecule has 2 N–H and O–H groups in total. The Morgan fingerprint density at radius 3 is 2.68 bits per heavy atom. The van der Waals surface area contributed by atoms with Gasteiger partial charge < -0.3 is 10.6 Å². The average molecular weight is 282 g/mol. The van der Waals surface area contributed by atoms with Crippen LogP contribution in [0.4, 0.5) is 0 Å². The highest BCUT2D eigenvalue weighted by atomic mass is 32.1. The maximum atomic E-state index is 12.5. The summed E-state index contributed by atoms with van der Waals surface area (Å²) in [5.74, 6) is 0.0104. The van der Waals surface area contributed by atoms with Crippen LogP contribution in [0, 0.1) is 5.92 Å². The lowest BCUT2D eigenvalue weighted by molar-refractivity contribution is 0.0753.